The van der Waals surface area contributed by atoms with Crippen LogP contribution in [0.25, 0.3) is 0 Å². The maximum Gasteiger partial charge on any atom is 0.254 e. The van der Waals surface area contributed by atoms with Crippen LogP contribution in [0.15, 0.2) is 35.7 Å². The molecule has 2 atom stereocenters. The average molecular weight is 397 g/mol. The summed E-state index contributed by atoms with van der Waals surface area (Å²) < 4.78 is 0. The van der Waals surface area contributed by atoms with Crippen LogP contribution in [0.3, 0.4) is 0 Å². The molecule has 4 heteroatoms. The number of aliphatic hydroxyl groups excluding tert-OH is 1. The molecule has 0 aromatic heterocycles. The molecule has 1 aliphatic heterocycles. The van der Waals surface area contributed by atoms with Crippen LogP contribution >= 0.6 is 0 Å². The van der Waals surface area contributed by atoms with Gasteiger partial charge in [-0.15, -0.1) is 0 Å². The van der Waals surface area contributed by atoms with Crippen molar-refractivity contribution in [1.82, 2.24) is 9.80 Å². The smallest absolute Gasteiger partial charge is 0.254 e. The number of benzene rings is 1. The predicted octanol–water partition coefficient (Wildman–Crippen LogP) is 5.36. The molecule has 29 heavy (non-hydrogen) atoms. The molecule has 1 aromatic carbocycles. The highest BCUT2D eigenvalue weighted by Crippen LogP contribution is 2.52. The molecule has 4 nitrogen and oxygen atoms in total. The lowest BCUT2D eigenvalue weighted by atomic mass is 9.65. The van der Waals surface area contributed by atoms with Gasteiger partial charge in [-0.1, -0.05) is 46.8 Å². The van der Waals surface area contributed by atoms with Gasteiger partial charge in [0.05, 0.1) is 5.70 Å². The highest BCUT2D eigenvalue weighted by atomic mass is 16.3. The minimum absolute atomic E-state index is 0.0983. The zero-order valence-electron chi connectivity index (χ0n) is 18.9. The fraction of sp³-hybridized carbons (Fsp3) is 0.640. The van der Waals surface area contributed by atoms with Gasteiger partial charge >= 0.3 is 0 Å². The Balaban J connectivity index is 1.44. The first-order valence-electron chi connectivity index (χ1n) is 10.9. The van der Waals surface area contributed by atoms with Gasteiger partial charge in [0.1, 0.15) is 5.76 Å². The molecule has 1 saturated carbocycles. The summed E-state index contributed by atoms with van der Waals surface area (Å²) >= 11 is 0. The van der Waals surface area contributed by atoms with E-state index < -0.39 is 0 Å². The average Bonchev–Trinajstić information content (AvgIpc) is 2.88. The molecule has 1 aromatic rings. The summed E-state index contributed by atoms with van der Waals surface area (Å²) in [5.74, 6) is 0.681. The molecule has 3 aliphatic rings. The third kappa shape index (κ3) is 3.67. The van der Waals surface area contributed by atoms with Gasteiger partial charge < -0.3 is 14.9 Å². The second kappa shape index (κ2) is 6.52. The Morgan fingerprint density at radius 1 is 1.14 bits per heavy atom. The lowest BCUT2D eigenvalue weighted by molar-refractivity contribution is 0.0708. The van der Waals surface area contributed by atoms with Crippen LogP contribution in [-0.2, 0) is 6.54 Å². The lowest BCUT2D eigenvalue weighted by Gasteiger charge is -2.41. The van der Waals surface area contributed by atoms with Gasteiger partial charge in [-0.3, -0.25) is 4.79 Å². The largest absolute Gasteiger partial charge is 0.510 e. The van der Waals surface area contributed by atoms with Gasteiger partial charge in [0.15, 0.2) is 0 Å². The Bertz CT molecular complexity index is 852. The molecular weight excluding hydrogens is 360 g/mol. The molecule has 2 aliphatic carbocycles. The SMILES string of the molecule is CN(Cc1ccc(C(=O)N2CC3(C)C[C@H]2CC(C)(C)C3)cc1)C1=C(O)C(C)(C)C1. The quantitative estimate of drug-likeness (QED) is 0.745. The Morgan fingerprint density at radius 3 is 2.38 bits per heavy atom. The molecule has 4 rings (SSSR count). The van der Waals surface area contributed by atoms with E-state index >= 15 is 0 Å². The second-order valence-electron chi connectivity index (χ2n) is 11.6. The van der Waals surface area contributed by atoms with Crippen molar-refractivity contribution in [2.45, 2.75) is 72.9 Å². The van der Waals surface area contributed by atoms with E-state index in [-0.39, 0.29) is 16.7 Å². The number of allylic oxidation sites excluding steroid dienone is 2. The van der Waals surface area contributed by atoms with E-state index in [4.69, 9.17) is 0 Å². The summed E-state index contributed by atoms with van der Waals surface area (Å²) in [4.78, 5) is 17.5. The molecule has 1 N–H and O–H groups in total. The number of fused-ring (bicyclic) bond motifs is 2. The third-order valence-corrected chi connectivity index (χ3v) is 7.28. The third-order valence-electron chi connectivity index (χ3n) is 7.28. The zero-order chi connectivity index (χ0) is 21.2. The number of likely N-dealkylation sites (tertiary alicyclic amines) is 1. The number of amides is 1. The van der Waals surface area contributed by atoms with E-state index in [0.717, 1.165) is 49.2 Å². The molecule has 0 spiro atoms. The fourth-order valence-corrected chi connectivity index (χ4v) is 6.17. The predicted molar refractivity (Wildman–Crippen MR) is 117 cm³/mol. The van der Waals surface area contributed by atoms with Crippen molar-refractivity contribution in [2.75, 3.05) is 13.6 Å². The molecule has 0 radical (unpaired) electrons. The maximum atomic E-state index is 13.2. The Morgan fingerprint density at radius 2 is 1.79 bits per heavy atom. The number of hydrogen-bond donors (Lipinski definition) is 1. The van der Waals surface area contributed by atoms with Crippen molar-refractivity contribution in [3.05, 3.63) is 46.8 Å². The van der Waals surface area contributed by atoms with Crippen molar-refractivity contribution >= 4 is 5.91 Å². The van der Waals surface area contributed by atoms with E-state index in [9.17, 15) is 9.90 Å². The van der Waals surface area contributed by atoms with Crippen LogP contribution < -0.4 is 0 Å². The Kier molecular flexibility index (Phi) is 4.56. The van der Waals surface area contributed by atoms with Crippen molar-refractivity contribution in [2.24, 2.45) is 16.2 Å². The van der Waals surface area contributed by atoms with Crippen molar-refractivity contribution in [3.8, 4) is 0 Å². The van der Waals surface area contributed by atoms with E-state index in [2.05, 4.69) is 56.6 Å². The normalized spacial score (nSPS) is 29.6. The number of rotatable bonds is 4. The minimum atomic E-state index is -0.0983. The first-order chi connectivity index (χ1) is 13.4. The summed E-state index contributed by atoms with van der Waals surface area (Å²) in [6.45, 7) is 12.8. The number of carbonyl (C=O) groups excluding carboxylic acids is 1. The van der Waals surface area contributed by atoms with Gasteiger partial charge in [-0.25, -0.2) is 0 Å². The first-order valence-corrected chi connectivity index (χ1v) is 10.9. The fourth-order valence-electron chi connectivity index (χ4n) is 6.17. The van der Waals surface area contributed by atoms with Crippen LogP contribution in [0, 0.1) is 16.2 Å². The molecule has 1 saturated heterocycles. The zero-order valence-corrected chi connectivity index (χ0v) is 18.9. The molecule has 2 bridgehead atoms. The minimum Gasteiger partial charge on any atom is -0.510 e. The summed E-state index contributed by atoms with van der Waals surface area (Å²) in [5, 5.41) is 10.2. The van der Waals surface area contributed by atoms with Crippen LogP contribution in [0.5, 0.6) is 0 Å². The van der Waals surface area contributed by atoms with E-state index in [1.807, 2.05) is 19.2 Å². The maximum absolute atomic E-state index is 13.2. The summed E-state index contributed by atoms with van der Waals surface area (Å²) in [6, 6.07) is 8.43. The molecule has 1 amide bonds. The van der Waals surface area contributed by atoms with Crippen molar-refractivity contribution in [3.63, 3.8) is 0 Å². The summed E-state index contributed by atoms with van der Waals surface area (Å²) in [7, 11) is 2.02. The van der Waals surface area contributed by atoms with Gasteiger partial charge in [0.2, 0.25) is 0 Å². The van der Waals surface area contributed by atoms with Gasteiger partial charge in [-0.2, -0.15) is 0 Å². The van der Waals surface area contributed by atoms with E-state index in [1.54, 1.807) is 0 Å². The molecular formula is C25H36N2O2. The van der Waals surface area contributed by atoms with E-state index in [0.29, 0.717) is 17.2 Å². The summed E-state index contributed by atoms with van der Waals surface area (Å²) in [5.41, 5.74) is 3.45. The number of nitrogens with zero attached hydrogens (tertiary/aromatic N) is 2. The highest BCUT2D eigenvalue weighted by Gasteiger charge is 2.51. The van der Waals surface area contributed by atoms with Crippen LogP contribution in [0.2, 0.25) is 0 Å². The molecule has 1 heterocycles. The topological polar surface area (TPSA) is 43.8 Å². The van der Waals surface area contributed by atoms with Crippen LogP contribution in [0.4, 0.5) is 0 Å². The monoisotopic (exact) mass is 396 g/mol. The molecule has 158 valence electrons. The lowest BCUT2D eigenvalue weighted by Crippen LogP contribution is -2.37. The van der Waals surface area contributed by atoms with Gasteiger partial charge in [0.25, 0.3) is 5.91 Å². The Labute approximate surface area is 175 Å². The number of hydrogen-bond acceptors (Lipinski definition) is 3. The molecule has 1 unspecified atom stereocenters. The molecule has 2 fully saturated rings. The number of carbonyl (C=O) groups is 1. The van der Waals surface area contributed by atoms with Crippen LogP contribution in [-0.4, -0.2) is 40.4 Å². The first kappa shape index (κ1) is 20.3. The number of aliphatic hydroxyl groups is 1. The van der Waals surface area contributed by atoms with Gasteiger partial charge in [0, 0.05) is 43.6 Å². The van der Waals surface area contributed by atoms with Crippen LogP contribution in [0.1, 0.15) is 76.2 Å². The van der Waals surface area contributed by atoms with E-state index in [1.165, 1.54) is 6.42 Å². The second-order valence-corrected chi connectivity index (χ2v) is 11.6. The standard InChI is InChI=1S/C25H36N2O2/c1-23(2)11-19-12-25(5,15-23)16-27(19)22(29)18-9-7-17(8-10-18)14-26(6)20-13-24(3,4)21(20)28/h7-10,19,28H,11-16H2,1-6H3/t19-,25?/m1/s1. The van der Waals surface area contributed by atoms with Crippen molar-refractivity contribution in [1.29, 1.82) is 0 Å². The Hall–Kier alpha value is -1.97. The summed E-state index contributed by atoms with van der Waals surface area (Å²) in [6.07, 6.45) is 4.34. The highest BCUT2D eigenvalue weighted by molar-refractivity contribution is 5.94. The van der Waals surface area contributed by atoms with Gasteiger partial charge in [-0.05, 0) is 47.8 Å². The van der Waals surface area contributed by atoms with Crippen molar-refractivity contribution < 1.29 is 9.90 Å².